The van der Waals surface area contributed by atoms with Crippen LogP contribution in [0.4, 0.5) is 0 Å². The Kier molecular flexibility index (Phi) is 6.22. The van der Waals surface area contributed by atoms with Crippen molar-refractivity contribution in [2.45, 2.75) is 26.8 Å². The topological polar surface area (TPSA) is 34.1 Å². The van der Waals surface area contributed by atoms with Gasteiger partial charge in [-0.15, -0.1) is 0 Å². The van der Waals surface area contributed by atoms with Gasteiger partial charge in [0.25, 0.3) is 0 Å². The van der Waals surface area contributed by atoms with Gasteiger partial charge in [-0.2, -0.15) is 0 Å². The summed E-state index contributed by atoms with van der Waals surface area (Å²) in [6.07, 6.45) is 4.53. The minimum Gasteiger partial charge on any atom is -0.493 e. The minimum atomic E-state index is 0.671. The molecule has 1 N–H and O–H groups in total. The number of pyridine rings is 1. The molecule has 0 spiro atoms. The van der Waals surface area contributed by atoms with Crippen LogP contribution < -0.4 is 10.1 Å². The lowest BCUT2D eigenvalue weighted by Crippen LogP contribution is -2.18. The molecule has 0 aliphatic carbocycles. The van der Waals surface area contributed by atoms with Gasteiger partial charge >= 0.3 is 0 Å². The van der Waals surface area contributed by atoms with Crippen molar-refractivity contribution < 1.29 is 4.74 Å². The first-order valence-corrected chi connectivity index (χ1v) is 7.55. The molecule has 2 aromatic rings. The highest BCUT2D eigenvalue weighted by Crippen LogP contribution is 2.14. The van der Waals surface area contributed by atoms with Crippen molar-refractivity contribution in [2.24, 2.45) is 5.92 Å². The lowest BCUT2D eigenvalue weighted by atomic mass is 10.2. The normalized spacial score (nSPS) is 10.8. The van der Waals surface area contributed by atoms with Crippen molar-refractivity contribution in [1.29, 1.82) is 0 Å². The summed E-state index contributed by atoms with van der Waals surface area (Å²) < 4.78 is 5.83. The largest absolute Gasteiger partial charge is 0.493 e. The van der Waals surface area contributed by atoms with Crippen molar-refractivity contribution in [3.63, 3.8) is 0 Å². The molecule has 2 rings (SSSR count). The third-order valence-electron chi connectivity index (χ3n) is 3.19. The molecular weight excluding hydrogens is 260 g/mol. The first-order chi connectivity index (χ1) is 10.2. The smallest absolute Gasteiger partial charge is 0.119 e. The maximum atomic E-state index is 5.83. The fourth-order valence-corrected chi connectivity index (χ4v) is 2.09. The SMILES string of the molecule is CC(C)CNCc1cccc(OCCc2ccncc2)c1. The molecule has 112 valence electrons. The van der Waals surface area contributed by atoms with E-state index in [0.29, 0.717) is 12.5 Å². The Labute approximate surface area is 127 Å². The molecule has 3 heteroatoms. The van der Waals surface area contributed by atoms with Crippen LogP contribution in [0.2, 0.25) is 0 Å². The quantitative estimate of drug-likeness (QED) is 0.806. The van der Waals surface area contributed by atoms with Crippen molar-refractivity contribution in [3.05, 3.63) is 59.9 Å². The van der Waals surface area contributed by atoms with Gasteiger partial charge in [0, 0.05) is 25.4 Å². The Hall–Kier alpha value is -1.87. The van der Waals surface area contributed by atoms with Crippen LogP contribution in [0, 0.1) is 5.92 Å². The highest BCUT2D eigenvalue weighted by atomic mass is 16.5. The predicted octanol–water partition coefficient (Wildman–Crippen LogP) is 3.45. The summed E-state index contributed by atoms with van der Waals surface area (Å²) in [4.78, 5) is 4.02. The van der Waals surface area contributed by atoms with Crippen LogP contribution in [0.25, 0.3) is 0 Å². The molecule has 0 bridgehead atoms. The number of nitrogens with zero attached hydrogens (tertiary/aromatic N) is 1. The van der Waals surface area contributed by atoms with E-state index in [0.717, 1.165) is 25.3 Å². The molecule has 0 radical (unpaired) electrons. The molecule has 0 aliphatic heterocycles. The average Bonchev–Trinajstić information content (AvgIpc) is 2.48. The maximum Gasteiger partial charge on any atom is 0.119 e. The lowest BCUT2D eigenvalue weighted by molar-refractivity contribution is 0.321. The van der Waals surface area contributed by atoms with Crippen LogP contribution in [0.5, 0.6) is 5.75 Å². The van der Waals surface area contributed by atoms with E-state index < -0.39 is 0 Å². The lowest BCUT2D eigenvalue weighted by Gasteiger charge is -2.10. The molecule has 0 fully saturated rings. The molecule has 0 saturated heterocycles. The van der Waals surface area contributed by atoms with Gasteiger partial charge in [-0.1, -0.05) is 26.0 Å². The number of nitrogens with one attached hydrogen (secondary N) is 1. The van der Waals surface area contributed by atoms with E-state index in [9.17, 15) is 0 Å². The molecule has 0 atom stereocenters. The molecule has 1 aromatic carbocycles. The van der Waals surface area contributed by atoms with Crippen molar-refractivity contribution in [1.82, 2.24) is 10.3 Å². The molecule has 0 amide bonds. The van der Waals surface area contributed by atoms with Gasteiger partial charge in [0.1, 0.15) is 5.75 Å². The van der Waals surface area contributed by atoms with E-state index in [1.807, 2.05) is 36.7 Å². The summed E-state index contributed by atoms with van der Waals surface area (Å²) in [7, 11) is 0. The van der Waals surface area contributed by atoms with E-state index >= 15 is 0 Å². The second-order valence-corrected chi connectivity index (χ2v) is 5.63. The molecule has 0 unspecified atom stereocenters. The number of hydrogen-bond acceptors (Lipinski definition) is 3. The number of ether oxygens (including phenoxy) is 1. The van der Waals surface area contributed by atoms with Gasteiger partial charge in [0.05, 0.1) is 6.61 Å². The monoisotopic (exact) mass is 284 g/mol. The highest BCUT2D eigenvalue weighted by molar-refractivity contribution is 5.28. The first-order valence-electron chi connectivity index (χ1n) is 7.55. The van der Waals surface area contributed by atoms with Crippen LogP contribution in [0.3, 0.4) is 0 Å². The summed E-state index contributed by atoms with van der Waals surface area (Å²) in [5, 5.41) is 3.45. The number of aromatic nitrogens is 1. The third kappa shape index (κ3) is 5.96. The van der Waals surface area contributed by atoms with E-state index in [1.165, 1.54) is 11.1 Å². The predicted molar refractivity (Wildman–Crippen MR) is 86.4 cm³/mol. The Balaban J connectivity index is 1.78. The maximum absolute atomic E-state index is 5.83. The van der Waals surface area contributed by atoms with Crippen LogP contribution in [0.1, 0.15) is 25.0 Å². The molecule has 1 aromatic heterocycles. The van der Waals surface area contributed by atoms with Crippen LogP contribution in [-0.2, 0) is 13.0 Å². The molecule has 21 heavy (non-hydrogen) atoms. The number of benzene rings is 1. The second kappa shape index (κ2) is 8.42. The highest BCUT2D eigenvalue weighted by Gasteiger charge is 1.99. The summed E-state index contributed by atoms with van der Waals surface area (Å²) in [5.74, 6) is 1.61. The van der Waals surface area contributed by atoms with E-state index in [1.54, 1.807) is 0 Å². The van der Waals surface area contributed by atoms with Crippen molar-refractivity contribution >= 4 is 0 Å². The van der Waals surface area contributed by atoms with Crippen molar-refractivity contribution in [2.75, 3.05) is 13.2 Å². The Morgan fingerprint density at radius 3 is 2.67 bits per heavy atom. The van der Waals surface area contributed by atoms with Gasteiger partial charge in [-0.3, -0.25) is 4.98 Å². The summed E-state index contributed by atoms with van der Waals surface area (Å²) in [6.45, 7) is 7.04. The Morgan fingerprint density at radius 1 is 1.10 bits per heavy atom. The standard InChI is InChI=1S/C18H24N2O/c1-15(2)13-20-14-17-4-3-5-18(12-17)21-11-8-16-6-9-19-10-7-16/h3-7,9-10,12,15,20H,8,11,13-14H2,1-2H3. The van der Waals surface area contributed by atoms with Crippen LogP contribution in [-0.4, -0.2) is 18.1 Å². The zero-order valence-electron chi connectivity index (χ0n) is 12.9. The number of hydrogen-bond donors (Lipinski definition) is 1. The minimum absolute atomic E-state index is 0.671. The van der Waals surface area contributed by atoms with Gasteiger partial charge in [-0.25, -0.2) is 0 Å². The van der Waals surface area contributed by atoms with Gasteiger partial charge < -0.3 is 10.1 Å². The molecule has 0 saturated carbocycles. The van der Waals surface area contributed by atoms with Gasteiger partial charge in [0.15, 0.2) is 0 Å². The zero-order chi connectivity index (χ0) is 14.9. The Morgan fingerprint density at radius 2 is 1.90 bits per heavy atom. The number of rotatable bonds is 8. The fourth-order valence-electron chi connectivity index (χ4n) is 2.09. The third-order valence-corrected chi connectivity index (χ3v) is 3.19. The zero-order valence-corrected chi connectivity index (χ0v) is 12.9. The second-order valence-electron chi connectivity index (χ2n) is 5.63. The van der Waals surface area contributed by atoms with E-state index in [4.69, 9.17) is 4.74 Å². The molecule has 3 nitrogen and oxygen atoms in total. The van der Waals surface area contributed by atoms with E-state index in [2.05, 4.69) is 36.3 Å². The van der Waals surface area contributed by atoms with E-state index in [-0.39, 0.29) is 0 Å². The molecule has 1 heterocycles. The van der Waals surface area contributed by atoms with Crippen LogP contribution in [0.15, 0.2) is 48.8 Å². The fraction of sp³-hybridized carbons (Fsp3) is 0.389. The van der Waals surface area contributed by atoms with Gasteiger partial charge in [0.2, 0.25) is 0 Å². The molecule has 0 aliphatic rings. The van der Waals surface area contributed by atoms with Crippen LogP contribution >= 0.6 is 0 Å². The first kappa shape index (κ1) is 15.5. The Bertz CT molecular complexity index is 526. The van der Waals surface area contributed by atoms with Crippen molar-refractivity contribution in [3.8, 4) is 5.75 Å². The average molecular weight is 284 g/mol. The molecular formula is C18H24N2O. The summed E-state index contributed by atoms with van der Waals surface area (Å²) in [5.41, 5.74) is 2.51. The van der Waals surface area contributed by atoms with Gasteiger partial charge in [-0.05, 0) is 47.9 Å². The summed E-state index contributed by atoms with van der Waals surface area (Å²) >= 11 is 0. The summed E-state index contributed by atoms with van der Waals surface area (Å²) in [6, 6.07) is 12.3.